The van der Waals surface area contributed by atoms with Gasteiger partial charge in [0.15, 0.2) is 0 Å². The van der Waals surface area contributed by atoms with Gasteiger partial charge in [-0.15, -0.1) is 0 Å². The summed E-state index contributed by atoms with van der Waals surface area (Å²) in [5.74, 6) is 0.164. The summed E-state index contributed by atoms with van der Waals surface area (Å²) in [5.41, 5.74) is 2.74. The molecule has 0 atom stereocenters. The van der Waals surface area contributed by atoms with Gasteiger partial charge in [0, 0.05) is 36.8 Å². The van der Waals surface area contributed by atoms with E-state index in [2.05, 4.69) is 20.3 Å². The molecule has 0 aliphatic carbocycles. The molecule has 3 aromatic heterocycles. The second-order valence-corrected chi connectivity index (χ2v) is 6.50. The van der Waals surface area contributed by atoms with E-state index in [1.807, 2.05) is 24.4 Å². The summed E-state index contributed by atoms with van der Waals surface area (Å²) in [6.07, 6.45) is 3.40. The van der Waals surface area contributed by atoms with E-state index in [0.29, 0.717) is 27.1 Å². The van der Waals surface area contributed by atoms with Crippen molar-refractivity contribution in [3.8, 4) is 11.3 Å². The zero-order chi connectivity index (χ0) is 18.1. The molecule has 0 fully saturated rings. The van der Waals surface area contributed by atoms with Crippen molar-refractivity contribution in [2.45, 2.75) is 0 Å². The first kappa shape index (κ1) is 16.6. The second-order valence-electron chi connectivity index (χ2n) is 5.62. The van der Waals surface area contributed by atoms with Crippen LogP contribution in [0.3, 0.4) is 0 Å². The molecule has 4 rings (SSSR count). The third-order valence-electron chi connectivity index (χ3n) is 3.85. The third kappa shape index (κ3) is 3.27. The Bertz CT molecular complexity index is 1130. The lowest BCUT2D eigenvalue weighted by molar-refractivity contribution is 0.102. The maximum absolute atomic E-state index is 12.4. The standard InChI is InChI=1S/C19H12Cl2N4O.2H2/c20-12-4-1-3-11(7-12)19(26)25-17-6-2-5-16(24-17)15-10-23-18-14(15)8-13(21)9-22-18;;/h1-10H,(H,22,23)(H,24,25,26);2*1H. The minimum absolute atomic E-state index is 0. The number of amides is 1. The molecule has 1 aromatic carbocycles. The number of carbonyl (C=O) groups is 1. The van der Waals surface area contributed by atoms with Crippen LogP contribution in [0.2, 0.25) is 10.0 Å². The van der Waals surface area contributed by atoms with Crippen LogP contribution >= 0.6 is 23.2 Å². The van der Waals surface area contributed by atoms with Crippen LogP contribution in [0.1, 0.15) is 13.2 Å². The highest BCUT2D eigenvalue weighted by molar-refractivity contribution is 6.31. The van der Waals surface area contributed by atoms with Gasteiger partial charge >= 0.3 is 0 Å². The van der Waals surface area contributed by atoms with E-state index >= 15 is 0 Å². The van der Waals surface area contributed by atoms with Crippen molar-refractivity contribution in [1.29, 1.82) is 0 Å². The first-order valence-electron chi connectivity index (χ1n) is 7.77. The van der Waals surface area contributed by atoms with Gasteiger partial charge in [-0.05, 0) is 36.4 Å². The Balaban J connectivity index is 0.00000140. The molecule has 4 aromatic rings. The van der Waals surface area contributed by atoms with Crippen LogP contribution in [0.25, 0.3) is 22.3 Å². The van der Waals surface area contributed by atoms with Gasteiger partial charge in [-0.25, -0.2) is 9.97 Å². The molecular formula is C19H16Cl2N4O. The number of nitrogens with zero attached hydrogens (tertiary/aromatic N) is 2. The van der Waals surface area contributed by atoms with Gasteiger partial charge in [0.05, 0.1) is 10.7 Å². The van der Waals surface area contributed by atoms with Crippen molar-refractivity contribution in [2.75, 3.05) is 5.32 Å². The van der Waals surface area contributed by atoms with Gasteiger partial charge in [0.1, 0.15) is 11.5 Å². The first-order chi connectivity index (χ1) is 12.6. The predicted molar refractivity (Wildman–Crippen MR) is 108 cm³/mol. The van der Waals surface area contributed by atoms with Gasteiger partial charge in [-0.2, -0.15) is 0 Å². The Labute approximate surface area is 162 Å². The number of aromatic amines is 1. The van der Waals surface area contributed by atoms with Crippen LogP contribution in [-0.2, 0) is 0 Å². The smallest absolute Gasteiger partial charge is 0.256 e. The monoisotopic (exact) mass is 386 g/mol. The number of hydrogen-bond acceptors (Lipinski definition) is 3. The van der Waals surface area contributed by atoms with Crippen molar-refractivity contribution in [1.82, 2.24) is 15.0 Å². The zero-order valence-corrected chi connectivity index (χ0v) is 14.8. The van der Waals surface area contributed by atoms with E-state index < -0.39 is 0 Å². The fourth-order valence-electron chi connectivity index (χ4n) is 2.66. The average Bonchev–Trinajstić information content (AvgIpc) is 3.05. The highest BCUT2D eigenvalue weighted by Gasteiger charge is 2.11. The number of rotatable bonds is 3. The van der Waals surface area contributed by atoms with Crippen LogP contribution in [0.4, 0.5) is 5.82 Å². The van der Waals surface area contributed by atoms with Crippen molar-refractivity contribution < 1.29 is 7.65 Å². The van der Waals surface area contributed by atoms with Gasteiger partial charge in [-0.3, -0.25) is 4.79 Å². The fraction of sp³-hybridized carbons (Fsp3) is 0. The summed E-state index contributed by atoms with van der Waals surface area (Å²) in [7, 11) is 0. The topological polar surface area (TPSA) is 70.7 Å². The molecule has 132 valence electrons. The lowest BCUT2D eigenvalue weighted by Gasteiger charge is -2.07. The number of aromatic nitrogens is 3. The van der Waals surface area contributed by atoms with E-state index in [1.165, 1.54) is 0 Å². The number of fused-ring (bicyclic) bond motifs is 1. The summed E-state index contributed by atoms with van der Waals surface area (Å²) in [4.78, 5) is 24.2. The second kappa shape index (κ2) is 6.78. The molecular weight excluding hydrogens is 371 g/mol. The molecule has 1 amide bonds. The maximum Gasteiger partial charge on any atom is 0.256 e. The minimum atomic E-state index is -0.277. The normalized spacial score (nSPS) is 10.8. The summed E-state index contributed by atoms with van der Waals surface area (Å²) < 4.78 is 0. The fourth-order valence-corrected chi connectivity index (χ4v) is 3.01. The highest BCUT2D eigenvalue weighted by atomic mass is 35.5. The lowest BCUT2D eigenvalue weighted by Crippen LogP contribution is -2.12. The Morgan fingerprint density at radius 3 is 2.77 bits per heavy atom. The van der Waals surface area contributed by atoms with Crippen LogP contribution in [-0.4, -0.2) is 20.9 Å². The lowest BCUT2D eigenvalue weighted by atomic mass is 10.1. The van der Waals surface area contributed by atoms with Crippen molar-refractivity contribution >= 4 is 46.0 Å². The van der Waals surface area contributed by atoms with Crippen LogP contribution in [0.5, 0.6) is 0 Å². The molecule has 0 bridgehead atoms. The Kier molecular flexibility index (Phi) is 4.32. The number of carbonyl (C=O) groups excluding carboxylic acids is 1. The molecule has 5 nitrogen and oxygen atoms in total. The van der Waals surface area contributed by atoms with Gasteiger partial charge in [-0.1, -0.05) is 35.3 Å². The molecule has 0 saturated carbocycles. The number of anilines is 1. The molecule has 26 heavy (non-hydrogen) atoms. The number of H-pyrrole nitrogens is 1. The van der Waals surface area contributed by atoms with E-state index in [9.17, 15) is 4.79 Å². The maximum atomic E-state index is 12.4. The van der Waals surface area contributed by atoms with Crippen LogP contribution < -0.4 is 5.32 Å². The number of halogens is 2. The van der Waals surface area contributed by atoms with Crippen LogP contribution in [0, 0.1) is 0 Å². The summed E-state index contributed by atoms with van der Waals surface area (Å²) in [6, 6.07) is 14.0. The minimum Gasteiger partial charge on any atom is -0.345 e. The molecule has 0 aliphatic heterocycles. The number of benzene rings is 1. The van der Waals surface area contributed by atoms with Crippen LogP contribution in [0.15, 0.2) is 60.9 Å². The quantitative estimate of drug-likeness (QED) is 0.475. The van der Waals surface area contributed by atoms with Gasteiger partial charge < -0.3 is 10.3 Å². The molecule has 0 radical (unpaired) electrons. The molecule has 0 aliphatic rings. The predicted octanol–water partition coefficient (Wildman–Crippen LogP) is 5.68. The molecule has 0 unspecified atom stereocenters. The molecule has 7 heteroatoms. The van der Waals surface area contributed by atoms with E-state index in [1.54, 1.807) is 36.5 Å². The van der Waals surface area contributed by atoms with Crippen molar-refractivity contribution in [3.05, 3.63) is 76.5 Å². The number of hydrogen-bond donors (Lipinski definition) is 2. The molecule has 2 N–H and O–H groups in total. The molecule has 0 saturated heterocycles. The van der Waals surface area contributed by atoms with E-state index in [0.717, 1.165) is 16.6 Å². The Hall–Kier alpha value is -2.89. The highest BCUT2D eigenvalue weighted by Crippen LogP contribution is 2.28. The van der Waals surface area contributed by atoms with E-state index in [4.69, 9.17) is 23.2 Å². The van der Waals surface area contributed by atoms with Gasteiger partial charge in [0.2, 0.25) is 0 Å². The summed E-state index contributed by atoms with van der Waals surface area (Å²) in [6.45, 7) is 0. The van der Waals surface area contributed by atoms with Gasteiger partial charge in [0.25, 0.3) is 5.91 Å². The van der Waals surface area contributed by atoms with Crippen molar-refractivity contribution in [2.24, 2.45) is 0 Å². The largest absolute Gasteiger partial charge is 0.345 e. The van der Waals surface area contributed by atoms with Crippen molar-refractivity contribution in [3.63, 3.8) is 0 Å². The first-order valence-corrected chi connectivity index (χ1v) is 8.53. The summed E-state index contributed by atoms with van der Waals surface area (Å²) >= 11 is 12.0. The SMILES string of the molecule is O=C(Nc1cccc(-c2c[nH]c3ncc(Cl)cc23)n1)c1cccc(Cl)c1.[HH].[HH]. The zero-order valence-electron chi connectivity index (χ0n) is 13.3. The number of pyridine rings is 2. The van der Waals surface area contributed by atoms with E-state index in [-0.39, 0.29) is 8.76 Å². The average molecular weight is 387 g/mol. The Morgan fingerprint density at radius 1 is 1.08 bits per heavy atom. The third-order valence-corrected chi connectivity index (χ3v) is 4.29. The molecule has 3 heterocycles. The Morgan fingerprint density at radius 2 is 1.92 bits per heavy atom. The molecule has 0 spiro atoms. The summed E-state index contributed by atoms with van der Waals surface area (Å²) in [5, 5.41) is 4.70. The number of nitrogens with one attached hydrogen (secondary N) is 2.